The molecule has 1 aliphatic carbocycles. The van der Waals surface area contributed by atoms with Gasteiger partial charge in [0.2, 0.25) is 5.91 Å². The summed E-state index contributed by atoms with van der Waals surface area (Å²) in [5.41, 5.74) is 0.886. The van der Waals surface area contributed by atoms with Crippen LogP contribution in [0.15, 0.2) is 24.3 Å². The van der Waals surface area contributed by atoms with E-state index in [1.54, 1.807) is 0 Å². The smallest absolute Gasteiger partial charge is 0.221 e. The molecule has 0 saturated heterocycles. The summed E-state index contributed by atoms with van der Waals surface area (Å²) >= 11 is 6.05. The first kappa shape index (κ1) is 15.2. The second-order valence-corrected chi connectivity index (χ2v) is 5.82. The third-order valence-electron chi connectivity index (χ3n) is 3.76. The number of hydrogen-bond donors (Lipinski definition) is 2. The number of rotatable bonds is 5. The van der Waals surface area contributed by atoms with Crippen LogP contribution in [-0.4, -0.2) is 18.5 Å². The normalized spacial score (nSPS) is 16.4. The van der Waals surface area contributed by atoms with Gasteiger partial charge in [0.1, 0.15) is 0 Å². The van der Waals surface area contributed by atoms with E-state index in [-0.39, 0.29) is 5.91 Å². The number of carbonyl (C=O) groups is 1. The molecule has 20 heavy (non-hydrogen) atoms. The molecule has 0 radical (unpaired) electrons. The van der Waals surface area contributed by atoms with E-state index in [4.69, 9.17) is 11.6 Å². The Hall–Kier alpha value is -1.22. The Morgan fingerprint density at radius 2 is 1.85 bits per heavy atom. The molecule has 1 aromatic carbocycles. The molecule has 0 unspecified atom stereocenters. The minimum absolute atomic E-state index is 0.136. The summed E-state index contributed by atoms with van der Waals surface area (Å²) < 4.78 is 0. The maximum atomic E-state index is 11.9. The summed E-state index contributed by atoms with van der Waals surface area (Å²) in [5, 5.41) is 7.04. The molecular weight excluding hydrogens is 272 g/mol. The third-order valence-corrected chi connectivity index (χ3v) is 4.09. The molecule has 0 bridgehead atoms. The van der Waals surface area contributed by atoms with Gasteiger partial charge in [-0.1, -0.05) is 49.4 Å². The van der Waals surface area contributed by atoms with Crippen LogP contribution in [0.25, 0.3) is 0 Å². The second-order valence-electron chi connectivity index (χ2n) is 5.41. The highest BCUT2D eigenvalue weighted by Gasteiger charge is 2.14. The maximum Gasteiger partial charge on any atom is 0.221 e. The van der Waals surface area contributed by atoms with Gasteiger partial charge in [-0.2, -0.15) is 0 Å². The number of hydrogen-bond acceptors (Lipinski definition) is 2. The summed E-state index contributed by atoms with van der Waals surface area (Å²) in [6, 6.07) is 7.97. The predicted octanol–water partition coefficient (Wildman–Crippen LogP) is 3.98. The van der Waals surface area contributed by atoms with Crippen molar-refractivity contribution >= 4 is 23.2 Å². The van der Waals surface area contributed by atoms with Gasteiger partial charge in [-0.25, -0.2) is 0 Å². The molecule has 0 spiro atoms. The van der Waals surface area contributed by atoms with Crippen LogP contribution >= 0.6 is 11.6 Å². The average molecular weight is 295 g/mol. The van der Waals surface area contributed by atoms with Crippen molar-refractivity contribution in [1.29, 1.82) is 0 Å². The lowest BCUT2D eigenvalue weighted by Gasteiger charge is -2.16. The van der Waals surface area contributed by atoms with Gasteiger partial charge >= 0.3 is 0 Å². The number of benzene rings is 1. The average Bonchev–Trinajstić information content (AvgIpc) is 2.69. The fourth-order valence-electron chi connectivity index (χ4n) is 2.64. The van der Waals surface area contributed by atoms with Crippen LogP contribution in [0, 0.1) is 0 Å². The molecule has 0 aromatic heterocycles. The van der Waals surface area contributed by atoms with Gasteiger partial charge in [0, 0.05) is 19.0 Å². The van der Waals surface area contributed by atoms with Crippen molar-refractivity contribution in [2.45, 2.75) is 51.0 Å². The lowest BCUT2D eigenvalue weighted by atomic mass is 10.1. The number of nitrogens with one attached hydrogen (secondary N) is 2. The third kappa shape index (κ3) is 5.04. The predicted molar refractivity (Wildman–Crippen MR) is 84.2 cm³/mol. The largest absolute Gasteiger partial charge is 0.383 e. The van der Waals surface area contributed by atoms with Gasteiger partial charge in [-0.15, -0.1) is 0 Å². The molecule has 110 valence electrons. The van der Waals surface area contributed by atoms with E-state index in [0.717, 1.165) is 18.5 Å². The van der Waals surface area contributed by atoms with Crippen molar-refractivity contribution < 1.29 is 4.79 Å². The first-order valence-corrected chi connectivity index (χ1v) is 7.91. The van der Waals surface area contributed by atoms with Gasteiger partial charge < -0.3 is 10.6 Å². The molecule has 0 aliphatic heterocycles. The molecule has 4 heteroatoms. The first-order valence-electron chi connectivity index (χ1n) is 7.53. The van der Waals surface area contributed by atoms with Gasteiger partial charge in [-0.05, 0) is 25.0 Å². The number of amides is 1. The number of para-hydroxylation sites is 1. The van der Waals surface area contributed by atoms with Crippen molar-refractivity contribution in [3.8, 4) is 0 Å². The van der Waals surface area contributed by atoms with Gasteiger partial charge in [0.05, 0.1) is 10.7 Å². The summed E-state index contributed by atoms with van der Waals surface area (Å²) in [6.45, 7) is 0.613. The minimum atomic E-state index is 0.136. The SMILES string of the molecule is O=C(CCNc1ccccc1Cl)NC1CCCCCC1. The Kier molecular flexibility index (Phi) is 6.19. The van der Waals surface area contributed by atoms with E-state index in [1.807, 2.05) is 24.3 Å². The van der Waals surface area contributed by atoms with Crippen molar-refractivity contribution in [2.24, 2.45) is 0 Å². The van der Waals surface area contributed by atoms with Crippen LogP contribution in [0.3, 0.4) is 0 Å². The van der Waals surface area contributed by atoms with E-state index >= 15 is 0 Å². The molecule has 0 heterocycles. The van der Waals surface area contributed by atoms with E-state index in [1.165, 1.54) is 25.7 Å². The molecule has 3 nitrogen and oxygen atoms in total. The van der Waals surface area contributed by atoms with E-state index in [9.17, 15) is 4.79 Å². The van der Waals surface area contributed by atoms with Crippen molar-refractivity contribution in [1.82, 2.24) is 5.32 Å². The second kappa shape index (κ2) is 8.15. The number of carbonyl (C=O) groups excluding carboxylic acids is 1. The van der Waals surface area contributed by atoms with Crippen molar-refractivity contribution in [3.63, 3.8) is 0 Å². The van der Waals surface area contributed by atoms with E-state index in [0.29, 0.717) is 24.0 Å². The summed E-state index contributed by atoms with van der Waals surface area (Å²) in [7, 11) is 0. The molecule has 1 fully saturated rings. The highest BCUT2D eigenvalue weighted by molar-refractivity contribution is 6.33. The highest BCUT2D eigenvalue weighted by atomic mass is 35.5. The van der Waals surface area contributed by atoms with E-state index in [2.05, 4.69) is 10.6 Å². The van der Waals surface area contributed by atoms with Crippen LogP contribution in [0.5, 0.6) is 0 Å². The maximum absolute atomic E-state index is 11.9. The zero-order valence-corrected chi connectivity index (χ0v) is 12.6. The van der Waals surface area contributed by atoms with Crippen LogP contribution in [0.1, 0.15) is 44.9 Å². The zero-order chi connectivity index (χ0) is 14.2. The molecule has 1 aromatic rings. The number of halogens is 1. The Morgan fingerprint density at radius 1 is 1.15 bits per heavy atom. The number of anilines is 1. The van der Waals surface area contributed by atoms with Gasteiger partial charge in [0.15, 0.2) is 0 Å². The lowest BCUT2D eigenvalue weighted by molar-refractivity contribution is -0.121. The Balaban J connectivity index is 1.68. The van der Waals surface area contributed by atoms with E-state index < -0.39 is 0 Å². The molecule has 1 saturated carbocycles. The summed E-state index contributed by atoms with van der Waals surface area (Å²) in [6.07, 6.45) is 7.83. The molecular formula is C16H23ClN2O. The minimum Gasteiger partial charge on any atom is -0.383 e. The molecule has 2 N–H and O–H groups in total. The van der Waals surface area contributed by atoms with Gasteiger partial charge in [0.25, 0.3) is 0 Å². The Bertz CT molecular complexity index is 428. The first-order chi connectivity index (χ1) is 9.75. The summed E-state index contributed by atoms with van der Waals surface area (Å²) in [4.78, 5) is 11.9. The fraction of sp³-hybridized carbons (Fsp3) is 0.562. The van der Waals surface area contributed by atoms with Crippen molar-refractivity contribution in [2.75, 3.05) is 11.9 Å². The molecule has 1 amide bonds. The molecule has 2 rings (SSSR count). The zero-order valence-electron chi connectivity index (χ0n) is 11.8. The van der Waals surface area contributed by atoms with Crippen molar-refractivity contribution in [3.05, 3.63) is 29.3 Å². The monoisotopic (exact) mass is 294 g/mol. The van der Waals surface area contributed by atoms with Crippen LogP contribution in [0.2, 0.25) is 5.02 Å². The van der Waals surface area contributed by atoms with Crippen LogP contribution in [-0.2, 0) is 4.79 Å². The van der Waals surface area contributed by atoms with Gasteiger partial charge in [-0.3, -0.25) is 4.79 Å². The molecule has 1 aliphatic rings. The highest BCUT2D eigenvalue weighted by Crippen LogP contribution is 2.20. The summed E-state index contributed by atoms with van der Waals surface area (Å²) in [5.74, 6) is 0.136. The Morgan fingerprint density at radius 3 is 2.55 bits per heavy atom. The topological polar surface area (TPSA) is 41.1 Å². The van der Waals surface area contributed by atoms with Crippen LogP contribution < -0.4 is 10.6 Å². The van der Waals surface area contributed by atoms with Crippen LogP contribution in [0.4, 0.5) is 5.69 Å². The Labute approximate surface area is 126 Å². The molecule has 0 atom stereocenters. The quantitative estimate of drug-likeness (QED) is 0.807. The fourth-order valence-corrected chi connectivity index (χ4v) is 2.84. The standard InChI is InChI=1S/C16H23ClN2O/c17-14-9-5-6-10-15(14)18-12-11-16(20)19-13-7-3-1-2-4-8-13/h5-6,9-10,13,18H,1-4,7-8,11-12H2,(H,19,20). The lowest BCUT2D eigenvalue weighted by Crippen LogP contribution is -2.35.